The van der Waals surface area contributed by atoms with Crippen molar-refractivity contribution in [1.29, 1.82) is 0 Å². The van der Waals surface area contributed by atoms with Crippen LogP contribution in [0.25, 0.3) is 0 Å². The summed E-state index contributed by atoms with van der Waals surface area (Å²) in [7, 11) is 1.00. The van der Waals surface area contributed by atoms with Crippen molar-refractivity contribution in [1.82, 2.24) is 19.8 Å². The van der Waals surface area contributed by atoms with Gasteiger partial charge in [-0.1, -0.05) is 0 Å². The van der Waals surface area contributed by atoms with Gasteiger partial charge in [-0.3, -0.25) is 9.69 Å². The Morgan fingerprint density at radius 3 is 2.28 bits per heavy atom. The van der Waals surface area contributed by atoms with Crippen LogP contribution in [0.4, 0.5) is 5.82 Å². The summed E-state index contributed by atoms with van der Waals surface area (Å²) in [6.07, 6.45) is 2.19. The SMILES string of the molecule is C=O.CO.Cc1nc2c(c(N3CCC3)n1)CN(C(=O)C1CCN(C(C)(C)C)C1)C2. The molecule has 4 rings (SSSR count). The van der Waals surface area contributed by atoms with Crippen LogP contribution in [0.5, 0.6) is 0 Å². The van der Waals surface area contributed by atoms with Crippen LogP contribution in [0.3, 0.4) is 0 Å². The van der Waals surface area contributed by atoms with Gasteiger partial charge in [-0.25, -0.2) is 9.97 Å². The molecule has 0 saturated carbocycles. The summed E-state index contributed by atoms with van der Waals surface area (Å²) < 4.78 is 0. The molecule has 1 amide bonds. The predicted octanol–water partition coefficient (Wildman–Crippen LogP) is 1.38. The summed E-state index contributed by atoms with van der Waals surface area (Å²) in [5, 5.41) is 7.00. The molecule has 3 aliphatic rings. The molecule has 162 valence electrons. The number of nitrogens with zero attached hydrogens (tertiary/aromatic N) is 5. The number of aromatic nitrogens is 2. The fourth-order valence-electron chi connectivity index (χ4n) is 4.13. The van der Waals surface area contributed by atoms with E-state index in [0.717, 1.165) is 57.0 Å². The summed E-state index contributed by atoms with van der Waals surface area (Å²) >= 11 is 0. The number of hydrogen-bond acceptors (Lipinski definition) is 7. The second kappa shape index (κ2) is 9.63. The van der Waals surface area contributed by atoms with E-state index in [0.29, 0.717) is 13.1 Å². The van der Waals surface area contributed by atoms with Gasteiger partial charge in [0.2, 0.25) is 5.91 Å². The highest BCUT2D eigenvalue weighted by atomic mass is 16.2. The fraction of sp³-hybridized carbons (Fsp3) is 0.714. The van der Waals surface area contributed by atoms with E-state index in [1.54, 1.807) is 0 Å². The van der Waals surface area contributed by atoms with E-state index in [1.807, 2.05) is 18.6 Å². The van der Waals surface area contributed by atoms with Gasteiger partial charge in [0.25, 0.3) is 0 Å². The molecule has 2 saturated heterocycles. The molecule has 4 heterocycles. The number of aliphatic hydroxyl groups excluding tert-OH is 1. The first-order valence-electron chi connectivity index (χ1n) is 10.2. The summed E-state index contributed by atoms with van der Waals surface area (Å²) in [5.74, 6) is 2.29. The molecule has 8 heteroatoms. The van der Waals surface area contributed by atoms with E-state index in [4.69, 9.17) is 9.90 Å². The minimum atomic E-state index is 0.120. The molecule has 1 N–H and O–H groups in total. The normalized spacial score (nSPS) is 20.8. The first-order valence-corrected chi connectivity index (χ1v) is 10.2. The summed E-state index contributed by atoms with van der Waals surface area (Å²) in [6.45, 7) is 16.0. The number of anilines is 1. The van der Waals surface area contributed by atoms with Crippen molar-refractivity contribution < 1.29 is 14.7 Å². The maximum absolute atomic E-state index is 13.1. The van der Waals surface area contributed by atoms with Crippen molar-refractivity contribution in [3.8, 4) is 0 Å². The minimum Gasteiger partial charge on any atom is -0.400 e. The van der Waals surface area contributed by atoms with Crippen LogP contribution in [0.15, 0.2) is 0 Å². The Kier molecular flexibility index (Phi) is 7.71. The van der Waals surface area contributed by atoms with Gasteiger partial charge in [0, 0.05) is 37.8 Å². The number of aryl methyl sites for hydroxylation is 1. The number of hydrogen-bond donors (Lipinski definition) is 1. The molecular weight excluding hydrogens is 370 g/mol. The smallest absolute Gasteiger partial charge is 0.227 e. The van der Waals surface area contributed by atoms with Gasteiger partial charge in [-0.05, 0) is 47.1 Å². The first kappa shape index (κ1) is 23.2. The maximum atomic E-state index is 13.1. The summed E-state index contributed by atoms with van der Waals surface area (Å²) in [5.41, 5.74) is 2.36. The predicted molar refractivity (Wildman–Crippen MR) is 113 cm³/mol. The second-order valence-electron chi connectivity index (χ2n) is 8.66. The number of amides is 1. The van der Waals surface area contributed by atoms with E-state index < -0.39 is 0 Å². The maximum Gasteiger partial charge on any atom is 0.227 e. The molecule has 0 radical (unpaired) electrons. The number of rotatable bonds is 2. The zero-order chi connectivity index (χ0) is 21.8. The molecule has 29 heavy (non-hydrogen) atoms. The Morgan fingerprint density at radius 2 is 1.76 bits per heavy atom. The van der Waals surface area contributed by atoms with Crippen LogP contribution >= 0.6 is 0 Å². The third-order valence-electron chi connectivity index (χ3n) is 5.83. The number of fused-ring (bicyclic) bond motifs is 1. The van der Waals surface area contributed by atoms with E-state index in [9.17, 15) is 4.79 Å². The lowest BCUT2D eigenvalue weighted by Crippen LogP contribution is -2.41. The minimum absolute atomic E-state index is 0.120. The molecule has 1 aromatic heterocycles. The molecule has 0 aliphatic carbocycles. The van der Waals surface area contributed by atoms with Crippen molar-refractivity contribution >= 4 is 18.5 Å². The van der Waals surface area contributed by atoms with E-state index >= 15 is 0 Å². The quantitative estimate of drug-likeness (QED) is 0.795. The Balaban J connectivity index is 0.000000707. The summed E-state index contributed by atoms with van der Waals surface area (Å²) in [4.78, 5) is 37.1. The average Bonchev–Trinajstić information content (AvgIpc) is 3.30. The molecule has 8 nitrogen and oxygen atoms in total. The molecule has 0 bridgehead atoms. The van der Waals surface area contributed by atoms with Crippen molar-refractivity contribution in [2.75, 3.05) is 38.2 Å². The lowest BCUT2D eigenvalue weighted by atomic mass is 10.1. The highest BCUT2D eigenvalue weighted by Crippen LogP contribution is 2.33. The zero-order valence-corrected chi connectivity index (χ0v) is 18.4. The molecule has 2 fully saturated rings. The summed E-state index contributed by atoms with van der Waals surface area (Å²) in [6, 6.07) is 0. The molecule has 1 aromatic rings. The molecule has 3 aliphatic heterocycles. The van der Waals surface area contributed by atoms with E-state index in [1.165, 1.54) is 12.0 Å². The topological polar surface area (TPSA) is 89.9 Å². The van der Waals surface area contributed by atoms with E-state index in [2.05, 4.69) is 40.5 Å². The van der Waals surface area contributed by atoms with Crippen molar-refractivity contribution in [2.24, 2.45) is 5.92 Å². The monoisotopic (exact) mass is 405 g/mol. The standard InChI is InChI=1S/C19H29N5O.CH4O.CH2O/c1-13-20-16-12-23(11-15(16)17(21-13)22-7-5-8-22)18(25)14-6-9-24(10-14)19(2,3)4;2*1-2/h14H,5-12H2,1-4H3;2H,1H3;1H2. The van der Waals surface area contributed by atoms with Gasteiger partial charge < -0.3 is 19.7 Å². The number of carbonyl (C=O) groups is 2. The second-order valence-corrected chi connectivity index (χ2v) is 8.66. The van der Waals surface area contributed by atoms with Crippen molar-refractivity contribution in [3.63, 3.8) is 0 Å². The van der Waals surface area contributed by atoms with Crippen LogP contribution in [-0.4, -0.2) is 76.4 Å². The molecular formula is C21H35N5O3. The Morgan fingerprint density at radius 1 is 1.10 bits per heavy atom. The Bertz CT molecular complexity index is 715. The van der Waals surface area contributed by atoms with Crippen LogP contribution in [0.1, 0.15) is 50.7 Å². The number of aliphatic hydroxyl groups is 1. The van der Waals surface area contributed by atoms with Gasteiger partial charge in [-0.2, -0.15) is 0 Å². The largest absolute Gasteiger partial charge is 0.400 e. The van der Waals surface area contributed by atoms with Crippen LogP contribution in [0, 0.1) is 12.8 Å². The van der Waals surface area contributed by atoms with Crippen molar-refractivity contribution in [3.05, 3.63) is 17.1 Å². The molecule has 1 atom stereocenters. The van der Waals surface area contributed by atoms with Gasteiger partial charge in [0.15, 0.2) is 0 Å². The first-order chi connectivity index (χ1) is 13.8. The average molecular weight is 406 g/mol. The van der Waals surface area contributed by atoms with Gasteiger partial charge in [-0.15, -0.1) is 0 Å². The van der Waals surface area contributed by atoms with Gasteiger partial charge in [0.1, 0.15) is 18.4 Å². The lowest BCUT2D eigenvalue weighted by molar-refractivity contribution is -0.135. The van der Waals surface area contributed by atoms with E-state index in [-0.39, 0.29) is 17.4 Å². The third-order valence-corrected chi connectivity index (χ3v) is 5.83. The van der Waals surface area contributed by atoms with Crippen LogP contribution in [0.2, 0.25) is 0 Å². The third kappa shape index (κ3) is 4.93. The number of likely N-dealkylation sites (tertiary alicyclic amines) is 1. The zero-order valence-electron chi connectivity index (χ0n) is 18.4. The Labute approximate surface area is 173 Å². The molecule has 0 spiro atoms. The molecule has 1 unspecified atom stereocenters. The van der Waals surface area contributed by atoms with Crippen LogP contribution < -0.4 is 4.90 Å². The highest BCUT2D eigenvalue weighted by Gasteiger charge is 2.38. The fourth-order valence-corrected chi connectivity index (χ4v) is 4.13. The van der Waals surface area contributed by atoms with Crippen molar-refractivity contribution in [2.45, 2.75) is 59.2 Å². The highest BCUT2D eigenvalue weighted by molar-refractivity contribution is 5.80. The van der Waals surface area contributed by atoms with Gasteiger partial charge >= 0.3 is 0 Å². The Hall–Kier alpha value is -2.06. The van der Waals surface area contributed by atoms with Gasteiger partial charge in [0.05, 0.1) is 24.7 Å². The molecule has 0 aromatic carbocycles. The number of carbonyl (C=O) groups excluding carboxylic acids is 2. The lowest BCUT2D eigenvalue weighted by Gasteiger charge is -2.33. The van der Waals surface area contributed by atoms with Crippen LogP contribution in [-0.2, 0) is 22.7 Å².